The second-order valence-electron chi connectivity index (χ2n) is 8.82. The van der Waals surface area contributed by atoms with Crippen molar-refractivity contribution < 1.29 is 19.0 Å². The van der Waals surface area contributed by atoms with Crippen LogP contribution in [0.15, 0.2) is 51.9 Å². The second-order valence-corrected chi connectivity index (χ2v) is 8.82. The van der Waals surface area contributed by atoms with Crippen molar-refractivity contribution >= 4 is 11.0 Å². The molecule has 2 atom stereocenters. The molecule has 6 heteroatoms. The number of β-amino-alcohol motifs (C(OH)–C–C–N with tert-alkyl or cyclic N) is 1. The summed E-state index contributed by atoms with van der Waals surface area (Å²) in [6, 6.07) is 11.4. The van der Waals surface area contributed by atoms with Gasteiger partial charge in [-0.15, -0.1) is 0 Å². The Bertz CT molecular complexity index is 1120. The van der Waals surface area contributed by atoms with Crippen LogP contribution in [0.4, 0.5) is 0 Å². The van der Waals surface area contributed by atoms with E-state index in [0.717, 1.165) is 17.7 Å². The first kappa shape index (κ1) is 22.4. The molecule has 0 amide bonds. The van der Waals surface area contributed by atoms with Crippen molar-refractivity contribution in [2.24, 2.45) is 0 Å². The predicted molar refractivity (Wildman–Crippen MR) is 125 cm³/mol. The van der Waals surface area contributed by atoms with E-state index in [9.17, 15) is 9.90 Å². The molecule has 2 aromatic carbocycles. The molecule has 0 saturated carbocycles. The molecule has 1 saturated heterocycles. The van der Waals surface area contributed by atoms with E-state index in [-0.39, 0.29) is 17.8 Å². The molecule has 3 aromatic rings. The predicted octanol–water partition coefficient (Wildman–Crippen LogP) is 4.82. The molecule has 1 aromatic heterocycles. The van der Waals surface area contributed by atoms with Crippen molar-refractivity contribution in [3.05, 3.63) is 64.0 Å². The van der Waals surface area contributed by atoms with E-state index >= 15 is 0 Å². The Kier molecular flexibility index (Phi) is 6.82. The minimum atomic E-state index is -0.577. The fraction of sp³-hybridized carbons (Fsp3) is 0.423. The van der Waals surface area contributed by atoms with Crippen molar-refractivity contribution in [2.75, 3.05) is 19.7 Å². The third-order valence-electron chi connectivity index (χ3n) is 5.97. The molecule has 0 radical (unpaired) electrons. The summed E-state index contributed by atoms with van der Waals surface area (Å²) in [6.07, 6.45) is 4.36. The van der Waals surface area contributed by atoms with Crippen LogP contribution in [0.5, 0.6) is 17.2 Å². The molecule has 6 nitrogen and oxygen atoms in total. The summed E-state index contributed by atoms with van der Waals surface area (Å²) in [6.45, 7) is 7.97. The monoisotopic (exact) mass is 437 g/mol. The number of aliphatic hydroxyl groups excluding tert-OH is 1. The van der Waals surface area contributed by atoms with Crippen molar-refractivity contribution in [3.8, 4) is 17.2 Å². The van der Waals surface area contributed by atoms with Crippen molar-refractivity contribution in [3.63, 3.8) is 0 Å². The van der Waals surface area contributed by atoms with Gasteiger partial charge >= 0.3 is 0 Å². The molecular formula is C26H31NO5. The zero-order valence-corrected chi connectivity index (χ0v) is 19.0. The molecule has 1 fully saturated rings. The summed E-state index contributed by atoms with van der Waals surface area (Å²) in [5, 5.41) is 10.8. The van der Waals surface area contributed by atoms with E-state index in [2.05, 4.69) is 11.8 Å². The molecule has 32 heavy (non-hydrogen) atoms. The van der Waals surface area contributed by atoms with E-state index in [1.54, 1.807) is 18.2 Å². The van der Waals surface area contributed by atoms with Gasteiger partial charge in [0.1, 0.15) is 36.1 Å². The largest absolute Gasteiger partial charge is 0.491 e. The molecule has 0 spiro atoms. The number of likely N-dealkylation sites (tertiary alicyclic amines) is 1. The highest BCUT2D eigenvalue weighted by Crippen LogP contribution is 2.25. The summed E-state index contributed by atoms with van der Waals surface area (Å²) >= 11 is 0. The highest BCUT2D eigenvalue weighted by atomic mass is 16.5. The fourth-order valence-corrected chi connectivity index (χ4v) is 4.31. The van der Waals surface area contributed by atoms with Gasteiger partial charge in [-0.05, 0) is 75.5 Å². The highest BCUT2D eigenvalue weighted by Gasteiger charge is 2.21. The molecule has 170 valence electrons. The Morgan fingerprint density at radius 1 is 1.12 bits per heavy atom. The van der Waals surface area contributed by atoms with Gasteiger partial charge in [0.2, 0.25) is 11.2 Å². The first-order chi connectivity index (χ1) is 15.4. The van der Waals surface area contributed by atoms with Gasteiger partial charge in [0, 0.05) is 18.7 Å². The Labute approximate surface area is 188 Å². The number of rotatable bonds is 7. The fourth-order valence-electron chi connectivity index (χ4n) is 4.31. The van der Waals surface area contributed by atoms with Crippen LogP contribution in [0.2, 0.25) is 0 Å². The normalized spacial score (nSPS) is 17.9. The van der Waals surface area contributed by atoms with E-state index in [0.29, 0.717) is 35.1 Å². The van der Waals surface area contributed by atoms with E-state index < -0.39 is 6.10 Å². The maximum absolute atomic E-state index is 12.9. The van der Waals surface area contributed by atoms with Crippen LogP contribution in [-0.4, -0.2) is 41.8 Å². The van der Waals surface area contributed by atoms with Crippen LogP contribution in [0.3, 0.4) is 0 Å². The van der Waals surface area contributed by atoms with Crippen LogP contribution in [0.25, 0.3) is 11.0 Å². The van der Waals surface area contributed by atoms with Gasteiger partial charge in [-0.1, -0.05) is 12.5 Å². The maximum atomic E-state index is 12.9. The summed E-state index contributed by atoms with van der Waals surface area (Å²) in [4.78, 5) is 15.2. The zero-order chi connectivity index (χ0) is 22.7. The third kappa shape index (κ3) is 5.31. The Balaban J connectivity index is 1.43. The maximum Gasteiger partial charge on any atom is 0.235 e. The number of fused-ring (bicyclic) bond motifs is 1. The molecule has 0 bridgehead atoms. The minimum Gasteiger partial charge on any atom is -0.491 e. The number of hydrogen-bond acceptors (Lipinski definition) is 6. The van der Waals surface area contributed by atoms with Gasteiger partial charge in [0.15, 0.2) is 0 Å². The van der Waals surface area contributed by atoms with Crippen molar-refractivity contribution in [1.29, 1.82) is 0 Å². The number of benzene rings is 2. The lowest BCUT2D eigenvalue weighted by Crippen LogP contribution is -2.43. The van der Waals surface area contributed by atoms with Gasteiger partial charge in [0.25, 0.3) is 0 Å². The molecular weight excluding hydrogens is 406 g/mol. The molecule has 0 unspecified atom stereocenters. The lowest BCUT2D eigenvalue weighted by atomic mass is 10.0. The Morgan fingerprint density at radius 2 is 1.91 bits per heavy atom. The van der Waals surface area contributed by atoms with Gasteiger partial charge < -0.3 is 19.0 Å². The molecule has 2 heterocycles. The average molecular weight is 438 g/mol. The zero-order valence-electron chi connectivity index (χ0n) is 19.0. The number of aryl methyl sites for hydroxylation is 2. The summed E-state index contributed by atoms with van der Waals surface area (Å²) in [7, 11) is 0. The highest BCUT2D eigenvalue weighted by molar-refractivity contribution is 5.79. The molecule has 1 aliphatic heterocycles. The number of aliphatic hydroxyl groups is 1. The number of piperidine rings is 1. The lowest BCUT2D eigenvalue weighted by molar-refractivity contribution is 0.0438. The van der Waals surface area contributed by atoms with Crippen LogP contribution in [0, 0.1) is 13.8 Å². The summed E-state index contributed by atoms with van der Waals surface area (Å²) in [5.41, 5.74) is 2.29. The van der Waals surface area contributed by atoms with Crippen LogP contribution >= 0.6 is 0 Å². The smallest absolute Gasteiger partial charge is 0.235 e. The Morgan fingerprint density at radius 3 is 2.66 bits per heavy atom. The van der Waals surface area contributed by atoms with Crippen LogP contribution in [0.1, 0.15) is 37.3 Å². The Hall–Kier alpha value is -2.83. The summed E-state index contributed by atoms with van der Waals surface area (Å²) in [5.74, 6) is 1.29. The second kappa shape index (κ2) is 9.76. The topological polar surface area (TPSA) is 72.1 Å². The first-order valence-electron chi connectivity index (χ1n) is 11.3. The summed E-state index contributed by atoms with van der Waals surface area (Å²) < 4.78 is 17.2. The molecule has 1 aliphatic rings. The van der Waals surface area contributed by atoms with Crippen LogP contribution < -0.4 is 14.9 Å². The quantitative estimate of drug-likeness (QED) is 0.572. The standard InChI is InChI=1S/C26H31NO5/c1-17-10-18(2)12-22(11-17)32-25-16-31-24-13-21(7-8-23(24)26(25)29)30-15-20(28)14-27-9-5-4-6-19(27)3/h7-8,10-13,16,19-20,28H,4-6,9,14-15H2,1-3H3/t19-,20-/m1/s1. The van der Waals surface area contributed by atoms with Gasteiger partial charge in [0.05, 0.1) is 5.39 Å². The average Bonchev–Trinajstić information content (AvgIpc) is 2.75. The van der Waals surface area contributed by atoms with Crippen LogP contribution in [-0.2, 0) is 0 Å². The van der Waals surface area contributed by atoms with Gasteiger partial charge in [-0.3, -0.25) is 9.69 Å². The third-order valence-corrected chi connectivity index (χ3v) is 5.97. The van der Waals surface area contributed by atoms with Crippen molar-refractivity contribution in [2.45, 2.75) is 52.2 Å². The van der Waals surface area contributed by atoms with E-state index in [4.69, 9.17) is 13.9 Å². The number of ether oxygens (including phenoxy) is 2. The van der Waals surface area contributed by atoms with E-state index in [1.165, 1.54) is 25.5 Å². The molecule has 0 aliphatic carbocycles. The lowest BCUT2D eigenvalue weighted by Gasteiger charge is -2.34. The van der Waals surface area contributed by atoms with Gasteiger partial charge in [-0.25, -0.2) is 0 Å². The minimum absolute atomic E-state index is 0.141. The van der Waals surface area contributed by atoms with Crippen molar-refractivity contribution in [1.82, 2.24) is 4.90 Å². The van der Waals surface area contributed by atoms with Gasteiger partial charge in [-0.2, -0.15) is 0 Å². The number of hydrogen-bond donors (Lipinski definition) is 1. The molecule has 4 rings (SSSR count). The first-order valence-corrected chi connectivity index (χ1v) is 11.3. The number of nitrogens with zero attached hydrogens (tertiary/aromatic N) is 1. The SMILES string of the molecule is Cc1cc(C)cc(Oc2coc3cc(OC[C@H](O)CN4CCCC[C@H]4C)ccc3c2=O)c1. The van der Waals surface area contributed by atoms with E-state index in [1.807, 2.05) is 32.0 Å². The molecule has 1 N–H and O–H groups in total.